The molecule has 0 aromatic heterocycles. The molecule has 1 aliphatic heterocycles. The Kier molecular flexibility index (Phi) is 6.73. The Morgan fingerprint density at radius 1 is 1.27 bits per heavy atom. The highest BCUT2D eigenvalue weighted by atomic mass is 16.7. The molecule has 0 saturated carbocycles. The number of hydrogen-bond acceptors (Lipinski definition) is 6. The second kappa shape index (κ2) is 7.87. The summed E-state index contributed by atoms with van der Waals surface area (Å²) in [6, 6.07) is 0. The van der Waals surface area contributed by atoms with Gasteiger partial charge in [-0.1, -0.05) is 13.8 Å². The lowest BCUT2D eigenvalue weighted by molar-refractivity contribution is -0.145. The fourth-order valence-electron chi connectivity index (χ4n) is 1.84. The van der Waals surface area contributed by atoms with E-state index in [4.69, 9.17) is 14.6 Å². The minimum absolute atomic E-state index is 0.0775. The largest absolute Gasteiger partial charge is 0.396 e. The van der Waals surface area contributed by atoms with Crippen molar-refractivity contribution in [2.75, 3.05) is 32.9 Å². The number of aliphatic hydroxyl groups excluding tert-OH is 2. The smallest absolute Gasteiger partial charge is 0.249 e. The van der Waals surface area contributed by atoms with Crippen LogP contribution in [0.2, 0.25) is 0 Å². The molecule has 1 heterocycles. The van der Waals surface area contributed by atoms with Crippen molar-refractivity contribution >= 4 is 11.8 Å². The maximum Gasteiger partial charge on any atom is 0.249 e. The molecule has 22 heavy (non-hydrogen) atoms. The highest BCUT2D eigenvalue weighted by Gasteiger charge is 2.33. The van der Waals surface area contributed by atoms with E-state index < -0.39 is 23.2 Å². The third-order valence-corrected chi connectivity index (χ3v) is 3.55. The molecular weight excluding hydrogens is 292 g/mol. The van der Waals surface area contributed by atoms with Gasteiger partial charge in [-0.2, -0.15) is 0 Å². The third kappa shape index (κ3) is 5.53. The van der Waals surface area contributed by atoms with Crippen LogP contribution in [0.4, 0.5) is 0 Å². The summed E-state index contributed by atoms with van der Waals surface area (Å²) >= 11 is 0. The van der Waals surface area contributed by atoms with Gasteiger partial charge in [0.2, 0.25) is 11.8 Å². The summed E-state index contributed by atoms with van der Waals surface area (Å²) < 4.78 is 10.7. The van der Waals surface area contributed by atoms with E-state index in [9.17, 15) is 14.7 Å². The number of carbonyl (C=O) groups is 2. The summed E-state index contributed by atoms with van der Waals surface area (Å²) in [7, 11) is 0. The molecule has 0 unspecified atom stereocenters. The lowest BCUT2D eigenvalue weighted by Gasteiger charge is -2.27. The summed E-state index contributed by atoms with van der Waals surface area (Å²) in [6.07, 6.45) is -1.26. The SMILES string of the molecule is CC1(CNC(=O)CCNC(=O)[C@H](O)C(C)(C)CO)OCCO1. The average molecular weight is 318 g/mol. The van der Waals surface area contributed by atoms with Crippen molar-refractivity contribution in [1.82, 2.24) is 10.6 Å². The summed E-state index contributed by atoms with van der Waals surface area (Å²) in [4.78, 5) is 23.4. The highest BCUT2D eigenvalue weighted by molar-refractivity contribution is 5.82. The molecule has 0 aliphatic carbocycles. The normalized spacial score (nSPS) is 18.8. The van der Waals surface area contributed by atoms with Crippen LogP contribution in [-0.2, 0) is 19.1 Å². The number of ether oxygens (including phenoxy) is 2. The van der Waals surface area contributed by atoms with Crippen molar-refractivity contribution < 1.29 is 29.3 Å². The van der Waals surface area contributed by atoms with Crippen molar-refractivity contribution in [2.45, 2.75) is 39.1 Å². The van der Waals surface area contributed by atoms with Crippen LogP contribution in [0, 0.1) is 5.41 Å². The van der Waals surface area contributed by atoms with Crippen molar-refractivity contribution in [3.8, 4) is 0 Å². The van der Waals surface area contributed by atoms with Gasteiger partial charge in [-0.25, -0.2) is 0 Å². The van der Waals surface area contributed by atoms with Crippen LogP contribution in [0.1, 0.15) is 27.2 Å². The van der Waals surface area contributed by atoms with Gasteiger partial charge in [0.15, 0.2) is 5.79 Å². The minimum Gasteiger partial charge on any atom is -0.396 e. The quantitative estimate of drug-likeness (QED) is 0.444. The molecule has 128 valence electrons. The second-order valence-electron chi connectivity index (χ2n) is 6.20. The zero-order valence-electron chi connectivity index (χ0n) is 13.3. The fraction of sp³-hybridized carbons (Fsp3) is 0.857. The van der Waals surface area contributed by atoms with Crippen LogP contribution < -0.4 is 10.6 Å². The number of hydrogen-bond donors (Lipinski definition) is 4. The Balaban J connectivity index is 2.23. The summed E-state index contributed by atoms with van der Waals surface area (Å²) in [5.74, 6) is -1.65. The van der Waals surface area contributed by atoms with Gasteiger partial charge in [-0.15, -0.1) is 0 Å². The number of aliphatic hydroxyl groups is 2. The Morgan fingerprint density at radius 3 is 2.41 bits per heavy atom. The average Bonchev–Trinajstić information content (AvgIpc) is 2.91. The molecule has 1 fully saturated rings. The standard InChI is InChI=1S/C14H26N2O6/c1-13(2,9-17)11(19)12(20)15-5-4-10(18)16-8-14(3)21-6-7-22-14/h11,17,19H,4-9H2,1-3H3,(H,15,20)(H,16,18)/t11-/m0/s1. The topological polar surface area (TPSA) is 117 Å². The number of carbonyl (C=O) groups excluding carboxylic acids is 2. The lowest BCUT2D eigenvalue weighted by Crippen LogP contribution is -2.46. The van der Waals surface area contributed by atoms with Crippen molar-refractivity contribution in [2.24, 2.45) is 5.41 Å². The van der Waals surface area contributed by atoms with Crippen LogP contribution in [0.25, 0.3) is 0 Å². The van der Waals surface area contributed by atoms with E-state index in [0.717, 1.165) is 0 Å². The molecule has 0 aromatic rings. The maximum atomic E-state index is 11.7. The monoisotopic (exact) mass is 318 g/mol. The number of amides is 2. The van der Waals surface area contributed by atoms with Crippen molar-refractivity contribution in [1.29, 1.82) is 0 Å². The molecule has 0 bridgehead atoms. The summed E-state index contributed by atoms with van der Waals surface area (Å²) in [5, 5.41) is 24.0. The molecule has 8 nitrogen and oxygen atoms in total. The van der Waals surface area contributed by atoms with Gasteiger partial charge in [0.05, 0.1) is 26.4 Å². The van der Waals surface area contributed by atoms with Crippen LogP contribution >= 0.6 is 0 Å². The lowest BCUT2D eigenvalue weighted by atomic mass is 9.87. The minimum atomic E-state index is -1.33. The number of nitrogens with one attached hydrogen (secondary N) is 2. The molecule has 0 radical (unpaired) electrons. The predicted octanol–water partition coefficient (Wildman–Crippen LogP) is -1.25. The van der Waals surface area contributed by atoms with Gasteiger partial charge in [0.25, 0.3) is 0 Å². The molecular formula is C14H26N2O6. The van der Waals surface area contributed by atoms with E-state index >= 15 is 0 Å². The third-order valence-electron chi connectivity index (χ3n) is 3.55. The fourth-order valence-corrected chi connectivity index (χ4v) is 1.84. The number of rotatable bonds is 8. The van der Waals surface area contributed by atoms with Gasteiger partial charge in [-0.05, 0) is 6.92 Å². The Labute approximate surface area is 130 Å². The summed E-state index contributed by atoms with van der Waals surface area (Å²) in [6.45, 7) is 5.91. The van der Waals surface area contributed by atoms with Crippen molar-refractivity contribution in [3.63, 3.8) is 0 Å². The molecule has 0 aromatic carbocycles. The Morgan fingerprint density at radius 2 is 1.86 bits per heavy atom. The Hall–Kier alpha value is -1.22. The van der Waals surface area contributed by atoms with Crippen molar-refractivity contribution in [3.05, 3.63) is 0 Å². The molecule has 1 aliphatic rings. The molecule has 2 amide bonds. The maximum absolute atomic E-state index is 11.7. The zero-order valence-corrected chi connectivity index (χ0v) is 13.3. The first-order valence-corrected chi connectivity index (χ1v) is 7.31. The first-order valence-electron chi connectivity index (χ1n) is 7.31. The Bertz CT molecular complexity index is 393. The molecule has 0 spiro atoms. The first-order chi connectivity index (χ1) is 10.2. The van der Waals surface area contributed by atoms with E-state index in [1.165, 1.54) is 0 Å². The zero-order chi connectivity index (χ0) is 16.8. The van der Waals surface area contributed by atoms with Crippen LogP contribution in [-0.4, -0.2) is 66.8 Å². The van der Waals surface area contributed by atoms with E-state index in [2.05, 4.69) is 10.6 Å². The second-order valence-corrected chi connectivity index (χ2v) is 6.20. The molecule has 1 rings (SSSR count). The van der Waals surface area contributed by atoms with Gasteiger partial charge in [-0.3, -0.25) is 9.59 Å². The first kappa shape index (κ1) is 18.8. The molecule has 4 N–H and O–H groups in total. The highest BCUT2D eigenvalue weighted by Crippen LogP contribution is 2.19. The van der Waals surface area contributed by atoms with E-state index in [1.54, 1.807) is 20.8 Å². The van der Waals surface area contributed by atoms with Gasteiger partial charge < -0.3 is 30.3 Å². The van der Waals surface area contributed by atoms with Crippen LogP contribution in [0.3, 0.4) is 0 Å². The predicted molar refractivity (Wildman–Crippen MR) is 77.8 cm³/mol. The van der Waals surface area contributed by atoms with E-state index in [1.807, 2.05) is 0 Å². The molecule has 1 saturated heterocycles. The summed E-state index contributed by atoms with van der Waals surface area (Å²) in [5.41, 5.74) is -0.932. The van der Waals surface area contributed by atoms with Crippen LogP contribution in [0.5, 0.6) is 0 Å². The van der Waals surface area contributed by atoms with Gasteiger partial charge >= 0.3 is 0 Å². The van der Waals surface area contributed by atoms with E-state index in [-0.39, 0.29) is 32.0 Å². The van der Waals surface area contributed by atoms with Gasteiger partial charge in [0.1, 0.15) is 6.10 Å². The molecule has 1 atom stereocenters. The van der Waals surface area contributed by atoms with Gasteiger partial charge in [0, 0.05) is 18.4 Å². The molecule has 8 heteroatoms. The van der Waals surface area contributed by atoms with E-state index in [0.29, 0.717) is 13.2 Å². The van der Waals surface area contributed by atoms with Crippen LogP contribution in [0.15, 0.2) is 0 Å².